The van der Waals surface area contributed by atoms with E-state index >= 15 is 0 Å². The van der Waals surface area contributed by atoms with Crippen molar-refractivity contribution in [3.05, 3.63) is 46.4 Å². The van der Waals surface area contributed by atoms with E-state index in [1.54, 1.807) is 37.5 Å². The lowest BCUT2D eigenvalue weighted by Crippen LogP contribution is -2.55. The van der Waals surface area contributed by atoms with E-state index in [9.17, 15) is 22.9 Å². The molecule has 2 aliphatic heterocycles. The average molecular weight is 526 g/mol. The van der Waals surface area contributed by atoms with Gasteiger partial charge in [0.15, 0.2) is 5.82 Å². The van der Waals surface area contributed by atoms with Gasteiger partial charge in [-0.3, -0.25) is 14.4 Å². The van der Waals surface area contributed by atoms with Crippen LogP contribution >= 0.6 is 0 Å². The summed E-state index contributed by atoms with van der Waals surface area (Å²) in [6.45, 7) is 1.22. The first-order valence-corrected chi connectivity index (χ1v) is 13.9. The lowest BCUT2D eigenvalue weighted by Gasteiger charge is -2.47. The Labute approximate surface area is 213 Å². The number of H-pyrrole nitrogens is 1. The molecule has 0 radical (unpaired) electrons. The number of sulfonamides is 1. The smallest absolute Gasteiger partial charge is 0.261 e. The Morgan fingerprint density at radius 2 is 2.03 bits per heavy atom. The summed E-state index contributed by atoms with van der Waals surface area (Å²) in [4.78, 5) is 18.1. The third-order valence-corrected chi connectivity index (χ3v) is 10.0. The molecule has 6 rings (SSSR count). The number of nitrogens with zero attached hydrogens (tertiary/aromatic N) is 5. The van der Waals surface area contributed by atoms with Gasteiger partial charge in [0.05, 0.1) is 28.4 Å². The predicted molar refractivity (Wildman–Crippen MR) is 136 cm³/mol. The van der Waals surface area contributed by atoms with Crippen LogP contribution in [0.25, 0.3) is 10.9 Å². The van der Waals surface area contributed by atoms with Gasteiger partial charge in [0.2, 0.25) is 10.0 Å². The van der Waals surface area contributed by atoms with Crippen LogP contribution < -0.4 is 10.9 Å². The molecule has 0 bridgehead atoms. The Morgan fingerprint density at radius 3 is 2.73 bits per heavy atom. The number of hydrogen-bond donors (Lipinski definition) is 2. The van der Waals surface area contributed by atoms with Crippen molar-refractivity contribution in [2.45, 2.75) is 61.3 Å². The zero-order valence-corrected chi connectivity index (χ0v) is 21.3. The van der Waals surface area contributed by atoms with E-state index in [0.29, 0.717) is 59.9 Å². The van der Waals surface area contributed by atoms with Gasteiger partial charge in [-0.05, 0) is 55.5 Å². The molecule has 1 saturated heterocycles. The van der Waals surface area contributed by atoms with Crippen molar-refractivity contribution in [1.82, 2.24) is 24.0 Å². The summed E-state index contributed by atoms with van der Waals surface area (Å²) in [6, 6.07) is 9.42. The number of aromatic amines is 1. The quantitative estimate of drug-likeness (QED) is 0.524. The number of likely N-dealkylation sites (tertiary alicyclic amines) is 1. The molecule has 4 heterocycles. The second-order valence-electron chi connectivity index (χ2n) is 10.4. The van der Waals surface area contributed by atoms with Crippen LogP contribution in [0.15, 0.2) is 40.2 Å². The summed E-state index contributed by atoms with van der Waals surface area (Å²) in [6.07, 6.45) is 4.13. The topological polar surface area (TPSA) is 127 Å². The molecule has 3 aliphatic rings. The van der Waals surface area contributed by atoms with E-state index in [1.807, 2.05) is 4.68 Å². The van der Waals surface area contributed by atoms with Gasteiger partial charge in [0.1, 0.15) is 11.6 Å². The number of anilines is 2. The first kappa shape index (κ1) is 24.1. The molecule has 2 aromatic heterocycles. The van der Waals surface area contributed by atoms with E-state index in [1.165, 1.54) is 4.31 Å². The number of fused-ring (bicyclic) bond motifs is 2. The minimum absolute atomic E-state index is 0.248. The summed E-state index contributed by atoms with van der Waals surface area (Å²) in [5.41, 5.74) is 1.05. The fourth-order valence-electron chi connectivity index (χ4n) is 6.06. The molecule has 3 aromatic rings. The molecule has 37 heavy (non-hydrogen) atoms. The van der Waals surface area contributed by atoms with Crippen molar-refractivity contribution >= 4 is 32.4 Å². The van der Waals surface area contributed by atoms with Crippen LogP contribution in [0, 0.1) is 11.3 Å². The highest BCUT2D eigenvalue weighted by molar-refractivity contribution is 7.89. The lowest BCUT2D eigenvalue weighted by molar-refractivity contribution is -0.00330. The minimum Gasteiger partial charge on any atom is -0.338 e. The van der Waals surface area contributed by atoms with E-state index in [2.05, 4.69) is 21.3 Å². The summed E-state index contributed by atoms with van der Waals surface area (Å²) < 4.78 is 41.4. The molecule has 0 unspecified atom stereocenters. The number of hydrogen-bond acceptors (Lipinski definition) is 7. The highest BCUT2D eigenvalue weighted by Crippen LogP contribution is 2.42. The second-order valence-corrected chi connectivity index (χ2v) is 12.4. The molecule has 1 saturated carbocycles. The summed E-state index contributed by atoms with van der Waals surface area (Å²) in [5.74, 6) is 0.355. The fraction of sp³-hybridized carbons (Fsp3) is 0.480. The van der Waals surface area contributed by atoms with Crippen molar-refractivity contribution in [3.8, 4) is 6.07 Å². The summed E-state index contributed by atoms with van der Waals surface area (Å²) in [7, 11) is -1.94. The third kappa shape index (κ3) is 3.84. The molecular formula is C25H28FN7O3S. The molecule has 0 amide bonds. The Balaban J connectivity index is 1.36. The largest absolute Gasteiger partial charge is 0.338 e. The maximum Gasteiger partial charge on any atom is 0.261 e. The van der Waals surface area contributed by atoms with Crippen LogP contribution in [-0.2, 0) is 22.1 Å². The number of alkyl halides is 1. The molecule has 1 aromatic carbocycles. The van der Waals surface area contributed by atoms with E-state index in [4.69, 9.17) is 5.10 Å². The maximum absolute atomic E-state index is 13.4. The molecular weight excluding hydrogens is 497 g/mol. The van der Waals surface area contributed by atoms with Gasteiger partial charge in [-0.25, -0.2) is 12.8 Å². The van der Waals surface area contributed by atoms with Crippen LogP contribution in [0.4, 0.5) is 15.9 Å². The SMILES string of the molecule is CN1Cc2cc(Nc3nn([C@]4(CC#N)CC[C@H](N5CC(F)C5)CC4)c4cc[nH]c(=O)c34)ccc2S1(=O)=O. The molecule has 2 fully saturated rings. The van der Waals surface area contributed by atoms with Crippen LogP contribution in [0.3, 0.4) is 0 Å². The van der Waals surface area contributed by atoms with Gasteiger partial charge in [0, 0.05) is 44.6 Å². The number of nitrogens with one attached hydrogen (secondary N) is 2. The Hall–Kier alpha value is -3.27. The maximum atomic E-state index is 13.4. The highest BCUT2D eigenvalue weighted by Gasteiger charge is 2.43. The van der Waals surface area contributed by atoms with Gasteiger partial charge >= 0.3 is 0 Å². The van der Waals surface area contributed by atoms with Crippen molar-refractivity contribution in [2.24, 2.45) is 0 Å². The van der Waals surface area contributed by atoms with Crippen molar-refractivity contribution in [2.75, 3.05) is 25.5 Å². The normalized spacial score (nSPS) is 26.0. The van der Waals surface area contributed by atoms with Crippen molar-refractivity contribution in [3.63, 3.8) is 0 Å². The zero-order chi connectivity index (χ0) is 25.9. The standard InChI is InChI=1S/C25H28FN7O3S/c1-31-13-16-12-18(2-3-21(16)37(31,35)36)29-23-22-20(6-11-28-24(22)34)33(30-23)25(9-10-27)7-4-19(5-8-25)32-14-17(26)15-32/h2-3,6,11-12,17,19H,4-5,7-9,13-15H2,1H3,(H,28,34)(H,29,30)/t19-,25+. The summed E-state index contributed by atoms with van der Waals surface area (Å²) in [5, 5.41) is 18.2. The van der Waals surface area contributed by atoms with Crippen LogP contribution in [-0.4, -0.2) is 64.7 Å². The van der Waals surface area contributed by atoms with Gasteiger partial charge < -0.3 is 10.3 Å². The van der Waals surface area contributed by atoms with Gasteiger partial charge in [-0.15, -0.1) is 0 Å². The fourth-order valence-corrected chi connectivity index (χ4v) is 7.40. The van der Waals surface area contributed by atoms with Crippen molar-refractivity contribution < 1.29 is 12.8 Å². The second kappa shape index (κ2) is 8.65. The molecule has 10 nitrogen and oxygen atoms in total. The van der Waals surface area contributed by atoms with Gasteiger partial charge in [0.25, 0.3) is 5.56 Å². The zero-order valence-electron chi connectivity index (χ0n) is 20.4. The van der Waals surface area contributed by atoms with E-state index in [0.717, 1.165) is 12.8 Å². The number of nitriles is 1. The Morgan fingerprint density at radius 1 is 1.27 bits per heavy atom. The average Bonchev–Trinajstić information content (AvgIpc) is 3.33. The number of halogens is 1. The number of pyridine rings is 1. The Kier molecular flexibility index (Phi) is 5.63. The molecule has 194 valence electrons. The van der Waals surface area contributed by atoms with Crippen LogP contribution in [0.5, 0.6) is 0 Å². The van der Waals surface area contributed by atoms with Gasteiger partial charge in [-0.2, -0.15) is 14.7 Å². The predicted octanol–water partition coefficient (Wildman–Crippen LogP) is 2.81. The lowest BCUT2D eigenvalue weighted by atomic mass is 9.76. The van der Waals surface area contributed by atoms with E-state index in [-0.39, 0.29) is 23.4 Å². The monoisotopic (exact) mass is 525 g/mol. The minimum atomic E-state index is -3.48. The van der Waals surface area contributed by atoms with E-state index < -0.39 is 21.7 Å². The molecule has 2 N–H and O–H groups in total. The molecule has 0 spiro atoms. The van der Waals surface area contributed by atoms with Crippen LogP contribution in [0.2, 0.25) is 0 Å². The Bertz CT molecular complexity index is 1580. The first-order valence-electron chi connectivity index (χ1n) is 12.4. The summed E-state index contributed by atoms with van der Waals surface area (Å²) >= 11 is 0. The molecule has 0 atom stereocenters. The molecule has 12 heteroatoms. The van der Waals surface area contributed by atoms with Gasteiger partial charge in [-0.1, -0.05) is 0 Å². The number of benzene rings is 1. The first-order chi connectivity index (χ1) is 17.7. The molecule has 1 aliphatic carbocycles. The highest BCUT2D eigenvalue weighted by atomic mass is 32.2. The van der Waals surface area contributed by atoms with Crippen LogP contribution in [0.1, 0.15) is 37.7 Å². The third-order valence-electron chi connectivity index (χ3n) is 8.13. The number of aromatic nitrogens is 3. The number of rotatable bonds is 5. The van der Waals surface area contributed by atoms with Crippen molar-refractivity contribution in [1.29, 1.82) is 5.26 Å².